The molecule has 1 saturated carbocycles. The van der Waals surface area contributed by atoms with Crippen LogP contribution in [0.2, 0.25) is 0 Å². The first-order chi connectivity index (χ1) is 13.3. The summed E-state index contributed by atoms with van der Waals surface area (Å²) in [5.74, 6) is 1.70. The molecule has 0 spiro atoms. The van der Waals surface area contributed by atoms with Crippen LogP contribution in [0.25, 0.3) is 0 Å². The number of hydrogen-bond donors (Lipinski definition) is 0. The summed E-state index contributed by atoms with van der Waals surface area (Å²) in [6.07, 6.45) is 3.90. The summed E-state index contributed by atoms with van der Waals surface area (Å²) in [5, 5.41) is 0. The van der Waals surface area contributed by atoms with E-state index in [1.807, 2.05) is 12.1 Å². The van der Waals surface area contributed by atoms with Gasteiger partial charge in [0.2, 0.25) is 0 Å². The van der Waals surface area contributed by atoms with Gasteiger partial charge in [-0.3, -0.25) is 0 Å². The molecule has 2 aromatic rings. The Labute approximate surface area is 160 Å². The largest absolute Gasteiger partial charge is 0.478 e. The lowest BCUT2D eigenvalue weighted by Crippen LogP contribution is -2.26. The lowest BCUT2D eigenvalue weighted by Gasteiger charge is -2.13. The Hall–Kier alpha value is -2.62. The van der Waals surface area contributed by atoms with Gasteiger partial charge < -0.3 is 9.47 Å². The molecule has 0 radical (unpaired) electrons. The average Bonchev–Trinajstić information content (AvgIpc) is 3.14. The van der Waals surface area contributed by atoms with E-state index in [2.05, 4.69) is 48.5 Å². The molecule has 4 nitrogen and oxygen atoms in total. The van der Waals surface area contributed by atoms with E-state index in [4.69, 9.17) is 19.5 Å². The van der Waals surface area contributed by atoms with Crippen molar-refractivity contribution in [3.05, 3.63) is 71.8 Å². The van der Waals surface area contributed by atoms with Crippen LogP contribution in [0.1, 0.15) is 24.0 Å². The highest BCUT2D eigenvalue weighted by atomic mass is 16.5. The fourth-order valence-electron chi connectivity index (χ4n) is 3.98. The van der Waals surface area contributed by atoms with Gasteiger partial charge in [-0.15, -0.1) is 0 Å². The van der Waals surface area contributed by atoms with E-state index in [1.165, 1.54) is 11.1 Å². The molecular weight excluding hydrogens is 336 g/mol. The molecule has 4 heteroatoms. The fraction of sp³-hybridized carbons (Fsp3) is 0.391. The minimum absolute atomic E-state index is 0.184. The summed E-state index contributed by atoms with van der Waals surface area (Å²) in [5.41, 5.74) is 2.42. The van der Waals surface area contributed by atoms with Crippen molar-refractivity contribution in [3.63, 3.8) is 0 Å². The Kier molecular flexibility index (Phi) is 4.19. The highest BCUT2D eigenvalue weighted by Gasteiger charge is 2.58. The maximum absolute atomic E-state index is 6.02. The van der Waals surface area contributed by atoms with Crippen LogP contribution in [-0.2, 0) is 22.3 Å². The third kappa shape index (κ3) is 3.36. The minimum atomic E-state index is -0.184. The van der Waals surface area contributed by atoms with Crippen LogP contribution in [0.5, 0.6) is 0 Å². The second-order valence-corrected chi connectivity index (χ2v) is 7.76. The van der Waals surface area contributed by atoms with Gasteiger partial charge in [0.05, 0.1) is 12.1 Å². The van der Waals surface area contributed by atoms with Crippen molar-refractivity contribution < 1.29 is 9.47 Å². The van der Waals surface area contributed by atoms with Gasteiger partial charge in [-0.05, 0) is 36.8 Å². The summed E-state index contributed by atoms with van der Waals surface area (Å²) in [6, 6.07) is 21.4. The van der Waals surface area contributed by atoms with Crippen molar-refractivity contribution in [3.8, 4) is 0 Å². The smallest absolute Gasteiger partial charge is 0.199 e. The SMILES string of the molecule is c1ccc(C[C@H]2COC(C3(C4=N[C@@H](Cc5ccccc5)CO4)CC3)=N2)cc1. The average molecular weight is 360 g/mol. The second kappa shape index (κ2) is 6.84. The zero-order valence-electron chi connectivity index (χ0n) is 15.4. The Bertz CT molecular complexity index is 787. The van der Waals surface area contributed by atoms with Crippen LogP contribution in [-0.4, -0.2) is 37.1 Å². The molecule has 0 aromatic heterocycles. The van der Waals surface area contributed by atoms with Gasteiger partial charge in [-0.1, -0.05) is 60.7 Å². The Morgan fingerprint density at radius 3 is 1.56 bits per heavy atom. The van der Waals surface area contributed by atoms with Gasteiger partial charge in [-0.2, -0.15) is 0 Å². The maximum atomic E-state index is 6.02. The molecular formula is C23H24N2O2. The van der Waals surface area contributed by atoms with Crippen molar-refractivity contribution in [2.45, 2.75) is 37.8 Å². The highest BCUT2D eigenvalue weighted by Crippen LogP contribution is 2.51. The molecule has 0 unspecified atom stereocenters. The molecule has 0 bridgehead atoms. The molecule has 2 atom stereocenters. The number of hydrogen-bond acceptors (Lipinski definition) is 4. The lowest BCUT2D eigenvalue weighted by molar-refractivity contribution is 0.279. The van der Waals surface area contributed by atoms with Gasteiger partial charge in [0.15, 0.2) is 11.8 Å². The van der Waals surface area contributed by atoms with E-state index in [1.54, 1.807) is 0 Å². The predicted molar refractivity (Wildman–Crippen MR) is 106 cm³/mol. The first kappa shape index (κ1) is 16.5. The van der Waals surface area contributed by atoms with Crippen molar-refractivity contribution in [1.29, 1.82) is 0 Å². The van der Waals surface area contributed by atoms with Crippen LogP contribution in [0.4, 0.5) is 0 Å². The summed E-state index contributed by atoms with van der Waals surface area (Å²) >= 11 is 0. The summed E-state index contributed by atoms with van der Waals surface area (Å²) in [6.45, 7) is 1.32. The molecule has 27 heavy (non-hydrogen) atoms. The zero-order chi connectivity index (χ0) is 18.1. The van der Waals surface area contributed by atoms with Crippen LogP contribution >= 0.6 is 0 Å². The van der Waals surface area contributed by atoms with E-state index in [0.717, 1.165) is 37.5 Å². The summed E-state index contributed by atoms with van der Waals surface area (Å²) in [4.78, 5) is 9.81. The van der Waals surface area contributed by atoms with E-state index < -0.39 is 0 Å². The normalized spacial score (nSPS) is 25.3. The van der Waals surface area contributed by atoms with Gasteiger partial charge >= 0.3 is 0 Å². The van der Waals surface area contributed by atoms with Gasteiger partial charge in [0.1, 0.15) is 18.6 Å². The van der Waals surface area contributed by atoms with Crippen molar-refractivity contribution >= 4 is 11.8 Å². The molecule has 1 fully saturated rings. The maximum Gasteiger partial charge on any atom is 0.199 e. The van der Waals surface area contributed by atoms with Crippen molar-refractivity contribution in [1.82, 2.24) is 0 Å². The Morgan fingerprint density at radius 2 is 1.15 bits per heavy atom. The molecule has 2 aliphatic heterocycles. The van der Waals surface area contributed by atoms with Crippen LogP contribution in [0.3, 0.4) is 0 Å². The Morgan fingerprint density at radius 1 is 0.704 bits per heavy atom. The molecule has 2 aromatic carbocycles. The van der Waals surface area contributed by atoms with Crippen molar-refractivity contribution in [2.75, 3.05) is 13.2 Å². The number of aliphatic imine (C=N–C) groups is 2. The zero-order valence-corrected chi connectivity index (χ0v) is 15.4. The molecule has 1 aliphatic carbocycles. The predicted octanol–water partition coefficient (Wildman–Crippen LogP) is 3.85. The minimum Gasteiger partial charge on any atom is -0.478 e. The highest BCUT2D eigenvalue weighted by molar-refractivity contribution is 6.09. The third-order valence-electron chi connectivity index (χ3n) is 5.62. The lowest BCUT2D eigenvalue weighted by atomic mass is 10.1. The molecule has 0 saturated heterocycles. The molecule has 138 valence electrons. The third-order valence-corrected chi connectivity index (χ3v) is 5.62. The monoisotopic (exact) mass is 360 g/mol. The number of ether oxygens (including phenoxy) is 2. The molecule has 2 heterocycles. The fourth-order valence-corrected chi connectivity index (χ4v) is 3.98. The standard InChI is InChI=1S/C23H24N2O2/c1-3-7-17(8-4-1)13-19-15-26-21(24-19)23(11-12-23)22-25-20(16-27-22)14-18-9-5-2-6-10-18/h1-10,19-20H,11-16H2/t19-,20-/m0/s1. The van der Waals surface area contributed by atoms with Crippen LogP contribution in [0, 0.1) is 5.41 Å². The van der Waals surface area contributed by atoms with Gasteiger partial charge in [0.25, 0.3) is 0 Å². The Balaban J connectivity index is 1.28. The second-order valence-electron chi connectivity index (χ2n) is 7.76. The van der Waals surface area contributed by atoms with Gasteiger partial charge in [-0.25, -0.2) is 9.98 Å². The number of benzene rings is 2. The van der Waals surface area contributed by atoms with Crippen molar-refractivity contribution in [2.24, 2.45) is 15.4 Å². The first-order valence-corrected chi connectivity index (χ1v) is 9.82. The van der Waals surface area contributed by atoms with Gasteiger partial charge in [0, 0.05) is 0 Å². The van der Waals surface area contributed by atoms with E-state index >= 15 is 0 Å². The topological polar surface area (TPSA) is 43.2 Å². The molecule has 3 aliphatic rings. The van der Waals surface area contributed by atoms with E-state index in [9.17, 15) is 0 Å². The van der Waals surface area contributed by atoms with E-state index in [0.29, 0.717) is 13.2 Å². The summed E-state index contributed by atoms with van der Waals surface area (Å²) in [7, 11) is 0. The van der Waals surface area contributed by atoms with E-state index in [-0.39, 0.29) is 17.5 Å². The number of nitrogens with zero attached hydrogens (tertiary/aromatic N) is 2. The first-order valence-electron chi connectivity index (χ1n) is 9.82. The van der Waals surface area contributed by atoms with Crippen LogP contribution in [0.15, 0.2) is 70.6 Å². The quantitative estimate of drug-likeness (QED) is 0.785. The van der Waals surface area contributed by atoms with Crippen LogP contribution < -0.4 is 0 Å². The molecule has 0 N–H and O–H groups in total. The summed E-state index contributed by atoms with van der Waals surface area (Å²) < 4.78 is 12.0. The molecule has 5 rings (SSSR count). The molecule has 0 amide bonds. The number of rotatable bonds is 6.